The van der Waals surface area contributed by atoms with Crippen molar-refractivity contribution in [3.05, 3.63) is 66.4 Å². The fraction of sp³-hybridized carbons (Fsp3) is 0.150. The molecule has 0 radical (unpaired) electrons. The number of aromatic hydroxyl groups is 1. The van der Waals surface area contributed by atoms with Crippen LogP contribution in [-0.2, 0) is 6.42 Å². The van der Waals surface area contributed by atoms with Gasteiger partial charge in [-0.25, -0.2) is 4.98 Å². The lowest BCUT2D eigenvalue weighted by atomic mass is 9.91. The van der Waals surface area contributed by atoms with Crippen LogP contribution in [0.3, 0.4) is 0 Å². The van der Waals surface area contributed by atoms with Crippen LogP contribution < -0.4 is 5.73 Å². The van der Waals surface area contributed by atoms with E-state index in [2.05, 4.69) is 24.0 Å². The number of nitrogens with two attached hydrogens (primary N) is 1. The Balaban J connectivity index is 2.24. The van der Waals surface area contributed by atoms with E-state index in [0.29, 0.717) is 5.82 Å². The molecule has 23 heavy (non-hydrogen) atoms. The summed E-state index contributed by atoms with van der Waals surface area (Å²) in [6, 6.07) is 17.4. The van der Waals surface area contributed by atoms with Gasteiger partial charge in [0.25, 0.3) is 0 Å². The second-order valence-electron chi connectivity index (χ2n) is 5.57. The third-order valence-electron chi connectivity index (χ3n) is 3.96. The number of hydrogen-bond donors (Lipinski definition) is 2. The number of phenolic OH excluding ortho intramolecular Hbond substituents is 1. The van der Waals surface area contributed by atoms with Crippen molar-refractivity contribution >= 4 is 5.82 Å². The van der Waals surface area contributed by atoms with E-state index in [4.69, 9.17) is 5.73 Å². The summed E-state index contributed by atoms with van der Waals surface area (Å²) in [5.74, 6) is 0.773. The first-order valence-electron chi connectivity index (χ1n) is 7.83. The van der Waals surface area contributed by atoms with Crippen molar-refractivity contribution in [2.45, 2.75) is 19.8 Å². The fourth-order valence-corrected chi connectivity index (χ4v) is 2.89. The number of nitrogen functional groups attached to an aromatic ring is 1. The maximum atomic E-state index is 9.53. The molecule has 0 saturated carbocycles. The predicted molar refractivity (Wildman–Crippen MR) is 95.2 cm³/mol. The summed E-state index contributed by atoms with van der Waals surface area (Å²) < 4.78 is 0. The maximum absolute atomic E-state index is 9.53. The Labute approximate surface area is 136 Å². The van der Waals surface area contributed by atoms with Crippen molar-refractivity contribution in [1.82, 2.24) is 4.98 Å². The summed E-state index contributed by atoms with van der Waals surface area (Å²) in [6.45, 7) is 2.16. The lowest BCUT2D eigenvalue weighted by Crippen LogP contribution is -2.02. The second kappa shape index (κ2) is 6.53. The van der Waals surface area contributed by atoms with Crippen LogP contribution in [0.1, 0.15) is 18.9 Å². The molecule has 3 heteroatoms. The van der Waals surface area contributed by atoms with Crippen LogP contribution in [0.5, 0.6) is 5.75 Å². The summed E-state index contributed by atoms with van der Waals surface area (Å²) in [6.07, 6.45) is 3.81. The summed E-state index contributed by atoms with van der Waals surface area (Å²) in [5.41, 5.74) is 11.6. The molecule has 3 N–H and O–H groups in total. The van der Waals surface area contributed by atoms with Crippen LogP contribution in [0.2, 0.25) is 0 Å². The first-order chi connectivity index (χ1) is 11.2. The molecule has 3 nitrogen and oxygen atoms in total. The van der Waals surface area contributed by atoms with Gasteiger partial charge in [0.15, 0.2) is 0 Å². The van der Waals surface area contributed by atoms with Gasteiger partial charge in [-0.2, -0.15) is 0 Å². The van der Waals surface area contributed by atoms with Crippen LogP contribution in [0, 0.1) is 0 Å². The van der Waals surface area contributed by atoms with Crippen LogP contribution in [0.4, 0.5) is 5.82 Å². The van der Waals surface area contributed by atoms with Gasteiger partial charge in [-0.15, -0.1) is 0 Å². The Hall–Kier alpha value is -2.81. The van der Waals surface area contributed by atoms with Gasteiger partial charge in [0.05, 0.1) is 0 Å². The zero-order valence-electron chi connectivity index (χ0n) is 13.2. The van der Waals surface area contributed by atoms with Gasteiger partial charge >= 0.3 is 0 Å². The molecule has 2 aromatic carbocycles. The average Bonchev–Trinajstić information content (AvgIpc) is 2.58. The number of aromatic nitrogens is 1. The number of pyridine rings is 1. The largest absolute Gasteiger partial charge is 0.508 e. The van der Waals surface area contributed by atoms with Gasteiger partial charge in [0.1, 0.15) is 11.6 Å². The van der Waals surface area contributed by atoms with E-state index < -0.39 is 0 Å². The summed E-state index contributed by atoms with van der Waals surface area (Å²) in [4.78, 5) is 4.41. The van der Waals surface area contributed by atoms with E-state index in [1.807, 2.05) is 36.5 Å². The highest BCUT2D eigenvalue weighted by atomic mass is 16.3. The Kier molecular flexibility index (Phi) is 4.29. The van der Waals surface area contributed by atoms with Gasteiger partial charge in [-0.3, -0.25) is 0 Å². The van der Waals surface area contributed by atoms with Crippen molar-refractivity contribution in [3.8, 4) is 28.0 Å². The molecule has 3 aromatic rings. The molecule has 0 bridgehead atoms. The highest BCUT2D eigenvalue weighted by Gasteiger charge is 2.15. The van der Waals surface area contributed by atoms with Gasteiger partial charge in [-0.05, 0) is 35.2 Å². The maximum Gasteiger partial charge on any atom is 0.131 e. The smallest absolute Gasteiger partial charge is 0.131 e. The molecule has 0 atom stereocenters. The van der Waals surface area contributed by atoms with Crippen molar-refractivity contribution in [2.75, 3.05) is 5.73 Å². The van der Waals surface area contributed by atoms with Gasteiger partial charge in [0.2, 0.25) is 0 Å². The molecule has 3 rings (SSSR count). The van der Waals surface area contributed by atoms with Crippen LogP contribution >= 0.6 is 0 Å². The van der Waals surface area contributed by atoms with Crippen molar-refractivity contribution in [1.29, 1.82) is 0 Å². The number of rotatable bonds is 4. The zero-order valence-corrected chi connectivity index (χ0v) is 13.2. The molecule has 0 fully saturated rings. The minimum atomic E-state index is 0.247. The van der Waals surface area contributed by atoms with Gasteiger partial charge < -0.3 is 10.8 Å². The van der Waals surface area contributed by atoms with E-state index in [0.717, 1.165) is 35.1 Å². The van der Waals surface area contributed by atoms with Crippen LogP contribution in [0.15, 0.2) is 60.8 Å². The quantitative estimate of drug-likeness (QED) is 0.737. The molecule has 1 aromatic heterocycles. The summed E-state index contributed by atoms with van der Waals surface area (Å²) in [5, 5.41) is 9.53. The molecule has 1 heterocycles. The van der Waals surface area contributed by atoms with E-state index in [-0.39, 0.29) is 5.75 Å². The number of hydrogen-bond acceptors (Lipinski definition) is 3. The highest BCUT2D eigenvalue weighted by molar-refractivity contribution is 5.84. The Morgan fingerprint density at radius 3 is 2.30 bits per heavy atom. The average molecular weight is 304 g/mol. The summed E-state index contributed by atoms with van der Waals surface area (Å²) in [7, 11) is 0. The van der Waals surface area contributed by atoms with Gasteiger partial charge in [0, 0.05) is 17.3 Å². The van der Waals surface area contributed by atoms with Crippen molar-refractivity contribution in [3.63, 3.8) is 0 Å². The Morgan fingerprint density at radius 1 is 0.957 bits per heavy atom. The third-order valence-corrected chi connectivity index (χ3v) is 3.96. The molecule has 0 aliphatic rings. The molecule has 0 aliphatic heterocycles. The number of anilines is 1. The third kappa shape index (κ3) is 3.04. The normalized spacial score (nSPS) is 10.7. The minimum absolute atomic E-state index is 0.247. The monoisotopic (exact) mass is 304 g/mol. The molecule has 116 valence electrons. The predicted octanol–water partition coefficient (Wildman–Crippen LogP) is 4.66. The molecular weight excluding hydrogens is 284 g/mol. The zero-order chi connectivity index (χ0) is 16.2. The second-order valence-corrected chi connectivity index (χ2v) is 5.57. The number of nitrogens with zero attached hydrogens (tertiary/aromatic N) is 1. The Morgan fingerprint density at radius 2 is 1.65 bits per heavy atom. The lowest BCUT2D eigenvalue weighted by molar-refractivity contribution is 0.475. The van der Waals surface area contributed by atoms with Crippen LogP contribution in [0.25, 0.3) is 22.3 Å². The highest BCUT2D eigenvalue weighted by Crippen LogP contribution is 2.36. The van der Waals surface area contributed by atoms with E-state index in [9.17, 15) is 5.11 Å². The van der Waals surface area contributed by atoms with E-state index in [1.165, 1.54) is 5.56 Å². The number of phenols is 1. The van der Waals surface area contributed by atoms with E-state index >= 15 is 0 Å². The van der Waals surface area contributed by atoms with Gasteiger partial charge in [-0.1, -0.05) is 55.8 Å². The lowest BCUT2D eigenvalue weighted by Gasteiger charge is -2.16. The molecule has 0 spiro atoms. The summed E-state index contributed by atoms with van der Waals surface area (Å²) >= 11 is 0. The molecular formula is C20H20N2O. The minimum Gasteiger partial charge on any atom is -0.508 e. The first-order valence-corrected chi connectivity index (χ1v) is 7.83. The molecule has 0 unspecified atom stereocenters. The topological polar surface area (TPSA) is 59.1 Å². The first kappa shape index (κ1) is 15.1. The molecule has 0 saturated heterocycles. The fourth-order valence-electron chi connectivity index (χ4n) is 2.89. The van der Waals surface area contributed by atoms with E-state index in [1.54, 1.807) is 12.1 Å². The van der Waals surface area contributed by atoms with Crippen molar-refractivity contribution in [2.24, 2.45) is 0 Å². The standard InChI is InChI=1S/C20H20N2O/c1-2-6-17-18(14-7-4-3-5-8-14)13-22-20(21)19(17)15-9-11-16(23)12-10-15/h3-5,7-13,23H,2,6H2,1H3,(H2,21,22). The number of benzene rings is 2. The van der Waals surface area contributed by atoms with Crippen molar-refractivity contribution < 1.29 is 5.11 Å². The Bertz CT molecular complexity index is 796. The molecule has 0 aliphatic carbocycles. The molecule has 0 amide bonds. The SMILES string of the molecule is CCCc1c(-c2ccccc2)cnc(N)c1-c1ccc(O)cc1. The van der Waals surface area contributed by atoms with Crippen LogP contribution in [-0.4, -0.2) is 10.1 Å².